The highest BCUT2D eigenvalue weighted by atomic mass is 16.6. The number of nitrogens with one attached hydrogen (secondary N) is 1. The minimum absolute atomic E-state index is 0.0673. The van der Waals surface area contributed by atoms with Crippen molar-refractivity contribution >= 4 is 28.9 Å². The Morgan fingerprint density at radius 3 is 2.74 bits per heavy atom. The van der Waals surface area contributed by atoms with Crippen LogP contribution in [0.1, 0.15) is 12.0 Å². The Kier molecular flexibility index (Phi) is 5.07. The van der Waals surface area contributed by atoms with Gasteiger partial charge in [0.2, 0.25) is 11.8 Å². The largest absolute Gasteiger partial charge is 0.494 e. The van der Waals surface area contributed by atoms with E-state index in [2.05, 4.69) is 5.32 Å². The number of nitrogens with zero attached hydrogens (tertiary/aromatic N) is 2. The van der Waals surface area contributed by atoms with E-state index < -0.39 is 10.8 Å². The van der Waals surface area contributed by atoms with Gasteiger partial charge in [-0.2, -0.15) is 0 Å². The number of carbonyl (C=O) groups is 2. The number of hydrogen-bond donors (Lipinski definition) is 1. The number of benzene rings is 2. The molecule has 0 spiro atoms. The molecule has 0 aromatic heterocycles. The van der Waals surface area contributed by atoms with E-state index in [-0.39, 0.29) is 36.2 Å². The second kappa shape index (κ2) is 7.45. The average Bonchev–Trinajstić information content (AvgIpc) is 3.02. The molecule has 2 aromatic carbocycles. The van der Waals surface area contributed by atoms with Crippen molar-refractivity contribution in [3.63, 3.8) is 0 Å². The second-order valence-electron chi connectivity index (χ2n) is 6.38. The minimum Gasteiger partial charge on any atom is -0.494 e. The minimum atomic E-state index is -0.532. The first kappa shape index (κ1) is 18.4. The lowest BCUT2D eigenvalue weighted by atomic mass is 10.1. The molecule has 0 radical (unpaired) electrons. The van der Waals surface area contributed by atoms with Crippen molar-refractivity contribution in [1.82, 2.24) is 0 Å². The summed E-state index contributed by atoms with van der Waals surface area (Å²) < 4.78 is 5.20. The number of anilines is 2. The molecular formula is C19H19N3O5. The molecule has 1 fully saturated rings. The summed E-state index contributed by atoms with van der Waals surface area (Å²) in [6, 6.07) is 11.5. The summed E-state index contributed by atoms with van der Waals surface area (Å²) in [5, 5.41) is 13.8. The molecule has 0 unspecified atom stereocenters. The van der Waals surface area contributed by atoms with Crippen molar-refractivity contribution in [2.75, 3.05) is 23.9 Å². The van der Waals surface area contributed by atoms with Gasteiger partial charge >= 0.3 is 0 Å². The summed E-state index contributed by atoms with van der Waals surface area (Å²) in [4.78, 5) is 36.8. The monoisotopic (exact) mass is 369 g/mol. The van der Waals surface area contributed by atoms with Crippen LogP contribution >= 0.6 is 0 Å². The standard InChI is InChI=1S/C19H19N3O5/c1-12-4-3-5-14(8-12)20-19(24)13-9-18(23)21(11-13)16-7-6-15(22(25)26)10-17(16)27-2/h3-8,10,13H,9,11H2,1-2H3,(H,20,24)/t13-/m1/s1. The molecule has 8 heteroatoms. The van der Waals surface area contributed by atoms with Gasteiger partial charge in [0, 0.05) is 24.7 Å². The van der Waals surface area contributed by atoms with Crippen LogP contribution in [-0.2, 0) is 9.59 Å². The molecule has 1 aliphatic heterocycles. The van der Waals surface area contributed by atoms with Gasteiger partial charge < -0.3 is 15.0 Å². The third-order valence-corrected chi connectivity index (χ3v) is 4.45. The number of non-ortho nitro benzene ring substituents is 1. The van der Waals surface area contributed by atoms with Gasteiger partial charge in [0.1, 0.15) is 5.75 Å². The fourth-order valence-corrected chi connectivity index (χ4v) is 3.09. The number of aryl methyl sites for hydroxylation is 1. The highest BCUT2D eigenvalue weighted by Crippen LogP contribution is 2.36. The smallest absolute Gasteiger partial charge is 0.273 e. The van der Waals surface area contributed by atoms with Crippen molar-refractivity contribution in [1.29, 1.82) is 0 Å². The Labute approximate surface area is 155 Å². The van der Waals surface area contributed by atoms with Crippen molar-refractivity contribution < 1.29 is 19.2 Å². The number of methoxy groups -OCH3 is 1. The zero-order chi connectivity index (χ0) is 19.6. The van der Waals surface area contributed by atoms with Crippen LogP contribution in [0.15, 0.2) is 42.5 Å². The molecule has 27 heavy (non-hydrogen) atoms. The molecule has 1 atom stereocenters. The predicted molar refractivity (Wildman–Crippen MR) is 99.9 cm³/mol. The number of ether oxygens (including phenoxy) is 1. The average molecular weight is 369 g/mol. The highest BCUT2D eigenvalue weighted by Gasteiger charge is 2.36. The molecule has 140 valence electrons. The van der Waals surface area contributed by atoms with E-state index in [4.69, 9.17) is 4.74 Å². The highest BCUT2D eigenvalue weighted by molar-refractivity contribution is 6.04. The van der Waals surface area contributed by atoms with E-state index >= 15 is 0 Å². The van der Waals surface area contributed by atoms with Crippen LogP contribution in [-0.4, -0.2) is 30.4 Å². The van der Waals surface area contributed by atoms with E-state index in [1.807, 2.05) is 25.1 Å². The lowest BCUT2D eigenvalue weighted by molar-refractivity contribution is -0.384. The summed E-state index contributed by atoms with van der Waals surface area (Å²) in [6.07, 6.45) is 0.0673. The van der Waals surface area contributed by atoms with Gasteiger partial charge in [0.05, 0.1) is 29.7 Å². The van der Waals surface area contributed by atoms with Crippen LogP contribution < -0.4 is 15.0 Å². The molecule has 1 aliphatic rings. The summed E-state index contributed by atoms with van der Waals surface area (Å²) in [6.45, 7) is 2.11. The maximum Gasteiger partial charge on any atom is 0.273 e. The number of nitro benzene ring substituents is 1. The summed E-state index contributed by atoms with van der Waals surface area (Å²) in [5.74, 6) is -0.765. The Morgan fingerprint density at radius 1 is 1.30 bits per heavy atom. The maximum atomic E-state index is 12.5. The molecular weight excluding hydrogens is 350 g/mol. The van der Waals surface area contributed by atoms with E-state index in [0.29, 0.717) is 11.4 Å². The topological polar surface area (TPSA) is 102 Å². The van der Waals surface area contributed by atoms with Crippen LogP contribution in [0.4, 0.5) is 17.1 Å². The number of nitro groups is 1. The van der Waals surface area contributed by atoms with Crippen LogP contribution in [0.3, 0.4) is 0 Å². The Morgan fingerprint density at radius 2 is 2.07 bits per heavy atom. The van der Waals surface area contributed by atoms with E-state index in [1.54, 1.807) is 6.07 Å². The molecule has 1 saturated heterocycles. The van der Waals surface area contributed by atoms with E-state index in [1.165, 1.54) is 30.2 Å². The molecule has 2 amide bonds. The van der Waals surface area contributed by atoms with Gasteiger partial charge in [-0.1, -0.05) is 12.1 Å². The number of carbonyl (C=O) groups excluding carboxylic acids is 2. The fraction of sp³-hybridized carbons (Fsp3) is 0.263. The van der Waals surface area contributed by atoms with Gasteiger partial charge in [-0.25, -0.2) is 0 Å². The quantitative estimate of drug-likeness (QED) is 0.645. The first-order chi connectivity index (χ1) is 12.9. The Hall–Kier alpha value is -3.42. The lowest BCUT2D eigenvalue weighted by Crippen LogP contribution is -2.28. The number of hydrogen-bond acceptors (Lipinski definition) is 5. The lowest BCUT2D eigenvalue weighted by Gasteiger charge is -2.19. The molecule has 3 rings (SSSR count). The second-order valence-corrected chi connectivity index (χ2v) is 6.38. The van der Waals surface area contributed by atoms with Crippen LogP contribution in [0.2, 0.25) is 0 Å². The van der Waals surface area contributed by atoms with Gasteiger partial charge in [0.25, 0.3) is 5.69 Å². The third kappa shape index (κ3) is 3.89. The summed E-state index contributed by atoms with van der Waals surface area (Å²) in [7, 11) is 1.38. The zero-order valence-corrected chi connectivity index (χ0v) is 15.0. The van der Waals surface area contributed by atoms with Crippen molar-refractivity contribution in [2.24, 2.45) is 5.92 Å². The normalized spacial score (nSPS) is 16.3. The van der Waals surface area contributed by atoms with Gasteiger partial charge in [-0.15, -0.1) is 0 Å². The van der Waals surface area contributed by atoms with E-state index in [9.17, 15) is 19.7 Å². The van der Waals surface area contributed by atoms with Crippen LogP contribution in [0.25, 0.3) is 0 Å². The van der Waals surface area contributed by atoms with Crippen molar-refractivity contribution in [2.45, 2.75) is 13.3 Å². The number of amides is 2. The third-order valence-electron chi connectivity index (χ3n) is 4.45. The first-order valence-corrected chi connectivity index (χ1v) is 8.39. The Balaban J connectivity index is 1.77. The van der Waals surface area contributed by atoms with Gasteiger partial charge in [-0.3, -0.25) is 19.7 Å². The van der Waals surface area contributed by atoms with E-state index in [0.717, 1.165) is 5.56 Å². The fourth-order valence-electron chi connectivity index (χ4n) is 3.09. The molecule has 1 N–H and O–H groups in total. The molecule has 0 saturated carbocycles. The molecule has 0 bridgehead atoms. The summed E-state index contributed by atoms with van der Waals surface area (Å²) in [5.41, 5.74) is 1.99. The van der Waals surface area contributed by atoms with Crippen molar-refractivity contribution in [3.8, 4) is 5.75 Å². The predicted octanol–water partition coefficient (Wildman–Crippen LogP) is 2.90. The van der Waals surface area contributed by atoms with Gasteiger partial charge in [0.15, 0.2) is 0 Å². The van der Waals surface area contributed by atoms with Crippen LogP contribution in [0.5, 0.6) is 5.75 Å². The Bertz CT molecular complexity index is 912. The van der Waals surface area contributed by atoms with Crippen LogP contribution in [0, 0.1) is 23.0 Å². The maximum absolute atomic E-state index is 12.5. The SMILES string of the molecule is COc1cc([N+](=O)[O-])ccc1N1C[C@H](C(=O)Nc2cccc(C)c2)CC1=O. The number of rotatable bonds is 5. The molecule has 1 heterocycles. The molecule has 2 aromatic rings. The molecule has 0 aliphatic carbocycles. The molecule has 8 nitrogen and oxygen atoms in total. The zero-order valence-electron chi connectivity index (χ0n) is 15.0. The van der Waals surface area contributed by atoms with Crippen molar-refractivity contribution in [3.05, 3.63) is 58.1 Å². The first-order valence-electron chi connectivity index (χ1n) is 8.39. The van der Waals surface area contributed by atoms with Gasteiger partial charge in [-0.05, 0) is 30.7 Å². The summed E-state index contributed by atoms with van der Waals surface area (Å²) >= 11 is 0.